The van der Waals surface area contributed by atoms with E-state index in [0.29, 0.717) is 6.20 Å². The van der Waals surface area contributed by atoms with Gasteiger partial charge in [0, 0.05) is 6.07 Å². The third-order valence-electron chi connectivity index (χ3n) is 1.77. The van der Waals surface area contributed by atoms with Crippen LogP contribution in [0.3, 0.4) is 0 Å². The fourth-order valence-electron chi connectivity index (χ4n) is 1.12. The maximum absolute atomic E-state index is 12.4. The molecule has 0 aliphatic heterocycles. The highest BCUT2D eigenvalue weighted by Crippen LogP contribution is 2.29. The van der Waals surface area contributed by atoms with Gasteiger partial charge in [0.2, 0.25) is 5.03 Å². The first-order valence-electron chi connectivity index (χ1n) is 4.35. The number of nitrogens with zero attached hydrogens (tertiary/aromatic N) is 1. The molecule has 1 aromatic rings. The SMILES string of the molecule is O=[N+]([O-])C=C(S)[NH2+]c1cccc(C(F)(F)F)c1. The second kappa shape index (κ2) is 5.19. The van der Waals surface area contributed by atoms with Crippen LogP contribution >= 0.6 is 12.6 Å². The number of benzene rings is 1. The van der Waals surface area contributed by atoms with E-state index in [9.17, 15) is 23.3 Å². The van der Waals surface area contributed by atoms with E-state index in [-0.39, 0.29) is 10.7 Å². The summed E-state index contributed by atoms with van der Waals surface area (Å²) in [7, 11) is 0. The van der Waals surface area contributed by atoms with Crippen LogP contribution in [0.5, 0.6) is 0 Å². The Hall–Kier alpha value is -1.54. The van der Waals surface area contributed by atoms with E-state index in [0.717, 1.165) is 12.1 Å². The van der Waals surface area contributed by atoms with E-state index in [1.165, 1.54) is 17.4 Å². The van der Waals surface area contributed by atoms with Crippen molar-refractivity contribution in [1.29, 1.82) is 0 Å². The van der Waals surface area contributed by atoms with Crippen molar-refractivity contribution in [2.24, 2.45) is 0 Å². The lowest BCUT2D eigenvalue weighted by molar-refractivity contribution is -0.517. The van der Waals surface area contributed by atoms with Gasteiger partial charge < -0.3 is 0 Å². The van der Waals surface area contributed by atoms with E-state index in [4.69, 9.17) is 0 Å². The molecule has 0 spiro atoms. The van der Waals surface area contributed by atoms with Gasteiger partial charge >= 0.3 is 12.4 Å². The minimum absolute atomic E-state index is 0.0330. The molecular weight excluding hydrogens is 257 g/mol. The molecule has 1 rings (SSSR count). The molecule has 0 amide bonds. The van der Waals surface area contributed by atoms with Crippen molar-refractivity contribution in [3.63, 3.8) is 0 Å². The Morgan fingerprint density at radius 1 is 1.47 bits per heavy atom. The zero-order valence-corrected chi connectivity index (χ0v) is 9.20. The molecule has 0 radical (unpaired) electrons. The van der Waals surface area contributed by atoms with Crippen LogP contribution in [0.1, 0.15) is 5.56 Å². The van der Waals surface area contributed by atoms with E-state index >= 15 is 0 Å². The van der Waals surface area contributed by atoms with E-state index < -0.39 is 16.7 Å². The Balaban J connectivity index is 2.90. The van der Waals surface area contributed by atoms with Gasteiger partial charge in [0.15, 0.2) is 0 Å². The predicted molar refractivity (Wildman–Crippen MR) is 57.1 cm³/mol. The second-order valence-electron chi connectivity index (χ2n) is 3.11. The molecule has 1 aromatic carbocycles. The number of hydrogen-bond donors (Lipinski definition) is 2. The molecule has 17 heavy (non-hydrogen) atoms. The van der Waals surface area contributed by atoms with Crippen molar-refractivity contribution in [3.05, 3.63) is 51.2 Å². The van der Waals surface area contributed by atoms with Crippen LogP contribution in [0.25, 0.3) is 0 Å². The molecule has 0 atom stereocenters. The standard InChI is InChI=1S/C9H7F3N2O2S/c10-9(11,12)6-2-1-3-7(4-6)13-8(17)5-14(15)16/h1-5,13,17H/p+1. The van der Waals surface area contributed by atoms with Gasteiger partial charge in [-0.3, -0.25) is 15.4 Å². The lowest BCUT2D eigenvalue weighted by atomic mass is 10.2. The lowest BCUT2D eigenvalue weighted by Gasteiger charge is -2.06. The number of nitro groups is 1. The van der Waals surface area contributed by atoms with Crippen molar-refractivity contribution in [1.82, 2.24) is 0 Å². The molecule has 0 unspecified atom stereocenters. The van der Waals surface area contributed by atoms with Crippen LogP contribution in [0.15, 0.2) is 35.5 Å². The first-order chi connectivity index (χ1) is 7.79. The monoisotopic (exact) mass is 265 g/mol. The summed E-state index contributed by atoms with van der Waals surface area (Å²) in [6.07, 6.45) is -3.84. The summed E-state index contributed by atoms with van der Waals surface area (Å²) >= 11 is 3.77. The number of quaternary nitrogens is 1. The third-order valence-corrected chi connectivity index (χ3v) is 2.01. The molecule has 0 bridgehead atoms. The van der Waals surface area contributed by atoms with E-state index in [2.05, 4.69) is 12.6 Å². The number of thiol groups is 1. The summed E-state index contributed by atoms with van der Waals surface area (Å²) in [5, 5.41) is 11.3. The van der Waals surface area contributed by atoms with Crippen molar-refractivity contribution in [3.8, 4) is 0 Å². The zero-order valence-electron chi connectivity index (χ0n) is 8.31. The van der Waals surface area contributed by atoms with Gasteiger partial charge in [-0.15, -0.1) is 0 Å². The van der Waals surface area contributed by atoms with Gasteiger partial charge in [-0.05, 0) is 12.1 Å². The Morgan fingerprint density at radius 3 is 2.65 bits per heavy atom. The topological polar surface area (TPSA) is 59.8 Å². The van der Waals surface area contributed by atoms with Gasteiger partial charge in [0.05, 0.1) is 10.5 Å². The number of nitrogens with two attached hydrogens (primary N) is 1. The molecule has 8 heteroatoms. The Morgan fingerprint density at radius 2 is 2.12 bits per heavy atom. The predicted octanol–water partition coefficient (Wildman–Crippen LogP) is 1.91. The fourth-order valence-corrected chi connectivity index (χ4v) is 1.36. The summed E-state index contributed by atoms with van der Waals surface area (Å²) < 4.78 is 37.1. The highest BCUT2D eigenvalue weighted by atomic mass is 32.1. The normalized spacial score (nSPS) is 12.6. The molecule has 0 heterocycles. The van der Waals surface area contributed by atoms with E-state index in [1.54, 1.807) is 0 Å². The first-order valence-corrected chi connectivity index (χ1v) is 4.80. The smallest absolute Gasteiger partial charge is 0.271 e. The molecular formula is C9H8F3N2O2S+. The van der Waals surface area contributed by atoms with Crippen molar-refractivity contribution >= 4 is 18.3 Å². The molecule has 0 aromatic heterocycles. The van der Waals surface area contributed by atoms with Crippen LogP contribution in [-0.2, 0) is 6.18 Å². The number of rotatable bonds is 3. The number of hydrogen-bond acceptors (Lipinski definition) is 3. The minimum atomic E-state index is -4.44. The molecule has 0 fully saturated rings. The second-order valence-corrected chi connectivity index (χ2v) is 3.62. The van der Waals surface area contributed by atoms with Crippen LogP contribution < -0.4 is 5.32 Å². The van der Waals surface area contributed by atoms with Crippen molar-refractivity contribution in [2.45, 2.75) is 6.18 Å². The van der Waals surface area contributed by atoms with Gasteiger partial charge in [0.25, 0.3) is 0 Å². The van der Waals surface area contributed by atoms with Crippen molar-refractivity contribution < 1.29 is 23.4 Å². The van der Waals surface area contributed by atoms with Crippen LogP contribution in [0.2, 0.25) is 0 Å². The van der Waals surface area contributed by atoms with Gasteiger partial charge in [0.1, 0.15) is 5.69 Å². The Kier molecular flexibility index (Phi) is 4.13. The van der Waals surface area contributed by atoms with Crippen molar-refractivity contribution in [2.75, 3.05) is 0 Å². The summed E-state index contributed by atoms with van der Waals surface area (Å²) in [4.78, 5) is 9.38. The number of halogens is 3. The number of alkyl halides is 3. The van der Waals surface area contributed by atoms with Crippen LogP contribution in [-0.4, -0.2) is 4.92 Å². The molecule has 0 saturated carbocycles. The molecule has 0 aliphatic carbocycles. The minimum Gasteiger partial charge on any atom is -0.271 e. The summed E-state index contributed by atoms with van der Waals surface area (Å²) in [5.74, 6) is 0. The fraction of sp³-hybridized carbons (Fsp3) is 0.111. The highest BCUT2D eigenvalue weighted by Gasteiger charge is 2.30. The third kappa shape index (κ3) is 4.45. The molecule has 0 aliphatic rings. The van der Waals surface area contributed by atoms with Crippen LogP contribution in [0, 0.1) is 10.1 Å². The maximum Gasteiger partial charge on any atom is 0.416 e. The Bertz CT molecular complexity index is 460. The van der Waals surface area contributed by atoms with Crippen LogP contribution in [0.4, 0.5) is 18.9 Å². The molecule has 4 nitrogen and oxygen atoms in total. The quantitative estimate of drug-likeness (QED) is 0.379. The first kappa shape index (κ1) is 13.5. The lowest BCUT2D eigenvalue weighted by Crippen LogP contribution is -2.74. The average Bonchev–Trinajstić information content (AvgIpc) is 2.15. The maximum atomic E-state index is 12.4. The molecule has 0 saturated heterocycles. The van der Waals surface area contributed by atoms with Gasteiger partial charge in [-0.2, -0.15) is 13.2 Å². The van der Waals surface area contributed by atoms with E-state index in [1.807, 2.05) is 0 Å². The largest absolute Gasteiger partial charge is 0.416 e. The Labute approximate surface area is 99.7 Å². The molecule has 92 valence electrons. The zero-order chi connectivity index (χ0) is 13.1. The summed E-state index contributed by atoms with van der Waals surface area (Å²) in [5.41, 5.74) is -0.614. The summed E-state index contributed by atoms with van der Waals surface area (Å²) in [6.45, 7) is 0. The molecule has 2 N–H and O–H groups in total. The van der Waals surface area contributed by atoms with Gasteiger partial charge in [-0.1, -0.05) is 18.7 Å². The average molecular weight is 265 g/mol. The van der Waals surface area contributed by atoms with Gasteiger partial charge in [-0.25, -0.2) is 0 Å². The summed E-state index contributed by atoms with van der Waals surface area (Å²) in [6, 6.07) is 4.44. The highest BCUT2D eigenvalue weighted by molar-refractivity contribution is 7.84.